The molecule has 1 unspecified atom stereocenters. The monoisotopic (exact) mass is 277 g/mol. The van der Waals surface area contributed by atoms with Crippen LogP contribution < -0.4 is 4.74 Å². The Kier molecular flexibility index (Phi) is 5.30. The number of nitrogens with zero attached hydrogens (tertiary/aromatic N) is 1. The van der Waals surface area contributed by atoms with Crippen molar-refractivity contribution < 1.29 is 9.84 Å². The zero-order valence-corrected chi connectivity index (χ0v) is 12.9. The van der Waals surface area contributed by atoms with Crippen LogP contribution in [-0.2, 0) is 6.54 Å². The third-order valence-electron chi connectivity index (χ3n) is 4.49. The smallest absolute Gasteiger partial charge is 0.123 e. The fraction of sp³-hybridized carbons (Fsp3) is 0.647. The van der Waals surface area contributed by atoms with Crippen LogP contribution in [0.2, 0.25) is 0 Å². The van der Waals surface area contributed by atoms with Crippen molar-refractivity contribution in [2.75, 3.05) is 20.2 Å². The highest BCUT2D eigenvalue weighted by Gasteiger charge is 2.20. The van der Waals surface area contributed by atoms with Crippen LogP contribution in [0.3, 0.4) is 0 Å². The summed E-state index contributed by atoms with van der Waals surface area (Å²) >= 11 is 0. The van der Waals surface area contributed by atoms with Crippen LogP contribution in [0.1, 0.15) is 38.7 Å². The average Bonchev–Trinajstić information content (AvgIpc) is 2.66. The first kappa shape index (κ1) is 15.2. The predicted molar refractivity (Wildman–Crippen MR) is 82.1 cm³/mol. The number of benzene rings is 1. The van der Waals surface area contributed by atoms with Crippen molar-refractivity contribution >= 4 is 0 Å². The SMILES string of the molecule is COc1ccc(CN2CCCC(C(C)C)CC2)c(O)c1. The Morgan fingerprint density at radius 2 is 2.10 bits per heavy atom. The van der Waals surface area contributed by atoms with Crippen LogP contribution in [-0.4, -0.2) is 30.2 Å². The molecular weight excluding hydrogens is 250 g/mol. The summed E-state index contributed by atoms with van der Waals surface area (Å²) in [5, 5.41) is 10.1. The van der Waals surface area contributed by atoms with Crippen molar-refractivity contribution in [3.05, 3.63) is 23.8 Å². The van der Waals surface area contributed by atoms with Crippen molar-refractivity contribution in [1.82, 2.24) is 4.90 Å². The number of methoxy groups -OCH3 is 1. The molecule has 0 aliphatic carbocycles. The van der Waals surface area contributed by atoms with E-state index in [4.69, 9.17) is 4.74 Å². The van der Waals surface area contributed by atoms with E-state index in [0.717, 1.165) is 37.0 Å². The predicted octanol–water partition coefficient (Wildman–Crippen LogP) is 3.66. The molecule has 0 amide bonds. The van der Waals surface area contributed by atoms with Gasteiger partial charge in [-0.2, -0.15) is 0 Å². The fourth-order valence-corrected chi connectivity index (χ4v) is 3.05. The molecule has 1 aliphatic rings. The van der Waals surface area contributed by atoms with Gasteiger partial charge >= 0.3 is 0 Å². The second kappa shape index (κ2) is 6.98. The second-order valence-corrected chi connectivity index (χ2v) is 6.21. The number of aromatic hydroxyl groups is 1. The third kappa shape index (κ3) is 3.89. The molecule has 1 aliphatic heterocycles. The van der Waals surface area contributed by atoms with Gasteiger partial charge in [-0.1, -0.05) is 19.9 Å². The van der Waals surface area contributed by atoms with Gasteiger partial charge in [-0.15, -0.1) is 0 Å². The minimum atomic E-state index is 0.342. The van der Waals surface area contributed by atoms with Gasteiger partial charge < -0.3 is 9.84 Å². The largest absolute Gasteiger partial charge is 0.507 e. The third-order valence-corrected chi connectivity index (χ3v) is 4.49. The molecule has 1 atom stereocenters. The first-order chi connectivity index (χ1) is 9.60. The van der Waals surface area contributed by atoms with Gasteiger partial charge in [0.2, 0.25) is 0 Å². The second-order valence-electron chi connectivity index (χ2n) is 6.21. The molecule has 1 heterocycles. The van der Waals surface area contributed by atoms with Crippen molar-refractivity contribution in [2.24, 2.45) is 11.8 Å². The van der Waals surface area contributed by atoms with Gasteiger partial charge in [0.25, 0.3) is 0 Å². The summed E-state index contributed by atoms with van der Waals surface area (Å²) in [5.74, 6) is 2.68. The first-order valence-corrected chi connectivity index (χ1v) is 7.68. The van der Waals surface area contributed by atoms with Crippen LogP contribution in [0.25, 0.3) is 0 Å². The van der Waals surface area contributed by atoms with Gasteiger partial charge in [0.15, 0.2) is 0 Å². The van der Waals surface area contributed by atoms with Gasteiger partial charge in [0.1, 0.15) is 11.5 Å². The molecule has 1 saturated heterocycles. The summed E-state index contributed by atoms with van der Waals surface area (Å²) in [5.41, 5.74) is 0.994. The summed E-state index contributed by atoms with van der Waals surface area (Å²) in [7, 11) is 1.62. The quantitative estimate of drug-likeness (QED) is 0.911. The van der Waals surface area contributed by atoms with E-state index in [1.807, 2.05) is 12.1 Å². The minimum Gasteiger partial charge on any atom is -0.507 e. The Hall–Kier alpha value is -1.22. The van der Waals surface area contributed by atoms with Gasteiger partial charge in [0.05, 0.1) is 7.11 Å². The molecule has 0 bridgehead atoms. The van der Waals surface area contributed by atoms with Crippen molar-refractivity contribution in [3.8, 4) is 11.5 Å². The number of hydrogen-bond acceptors (Lipinski definition) is 3. The summed E-state index contributed by atoms with van der Waals surface area (Å²) in [6.07, 6.45) is 3.87. The van der Waals surface area contributed by atoms with Crippen molar-refractivity contribution in [3.63, 3.8) is 0 Å². The molecule has 0 radical (unpaired) electrons. The lowest BCUT2D eigenvalue weighted by Crippen LogP contribution is -2.24. The fourth-order valence-electron chi connectivity index (χ4n) is 3.05. The lowest BCUT2D eigenvalue weighted by molar-refractivity contribution is 0.261. The molecule has 3 heteroatoms. The molecule has 112 valence electrons. The Bertz CT molecular complexity index is 431. The molecule has 0 saturated carbocycles. The van der Waals surface area contributed by atoms with E-state index >= 15 is 0 Å². The zero-order valence-electron chi connectivity index (χ0n) is 12.9. The Morgan fingerprint density at radius 3 is 2.75 bits per heavy atom. The van der Waals surface area contributed by atoms with E-state index in [9.17, 15) is 5.11 Å². The topological polar surface area (TPSA) is 32.7 Å². The van der Waals surface area contributed by atoms with E-state index in [0.29, 0.717) is 11.5 Å². The van der Waals surface area contributed by atoms with E-state index in [1.165, 1.54) is 19.3 Å². The average molecular weight is 277 g/mol. The van der Waals surface area contributed by atoms with Gasteiger partial charge in [-0.05, 0) is 50.3 Å². The standard InChI is InChI=1S/C17H27NO2/c1-13(2)14-5-4-9-18(10-8-14)12-15-6-7-16(20-3)11-17(15)19/h6-7,11,13-14,19H,4-5,8-10,12H2,1-3H3. The van der Waals surface area contributed by atoms with Gasteiger partial charge in [0, 0.05) is 18.2 Å². The minimum absolute atomic E-state index is 0.342. The number of phenolic OH excluding ortho intramolecular Hbond substituents is 1. The maximum Gasteiger partial charge on any atom is 0.123 e. The maximum atomic E-state index is 10.1. The number of rotatable bonds is 4. The lowest BCUT2D eigenvalue weighted by atomic mass is 9.89. The highest BCUT2D eigenvalue weighted by atomic mass is 16.5. The molecule has 1 fully saturated rings. The highest BCUT2D eigenvalue weighted by molar-refractivity contribution is 5.39. The Labute approximate surface area is 122 Å². The maximum absolute atomic E-state index is 10.1. The highest BCUT2D eigenvalue weighted by Crippen LogP contribution is 2.28. The number of hydrogen-bond donors (Lipinski definition) is 1. The van der Waals surface area contributed by atoms with Gasteiger partial charge in [-0.3, -0.25) is 4.90 Å². The van der Waals surface area contributed by atoms with Gasteiger partial charge in [-0.25, -0.2) is 0 Å². The summed E-state index contributed by atoms with van der Waals surface area (Å²) < 4.78 is 5.13. The van der Waals surface area contributed by atoms with E-state index < -0.39 is 0 Å². The molecule has 2 rings (SSSR count). The van der Waals surface area contributed by atoms with E-state index in [-0.39, 0.29) is 0 Å². The zero-order chi connectivity index (χ0) is 14.5. The van der Waals surface area contributed by atoms with E-state index in [2.05, 4.69) is 18.7 Å². The van der Waals surface area contributed by atoms with Crippen LogP contribution >= 0.6 is 0 Å². The molecule has 0 aromatic heterocycles. The van der Waals surface area contributed by atoms with Crippen LogP contribution in [0, 0.1) is 11.8 Å². The molecule has 1 aromatic rings. The first-order valence-electron chi connectivity index (χ1n) is 7.68. The molecule has 20 heavy (non-hydrogen) atoms. The Morgan fingerprint density at radius 1 is 1.30 bits per heavy atom. The molecule has 1 N–H and O–H groups in total. The summed E-state index contributed by atoms with van der Waals surface area (Å²) in [4.78, 5) is 2.46. The number of likely N-dealkylation sites (tertiary alicyclic amines) is 1. The number of phenols is 1. The molecular formula is C17H27NO2. The molecule has 1 aromatic carbocycles. The van der Waals surface area contributed by atoms with Crippen LogP contribution in [0.15, 0.2) is 18.2 Å². The van der Waals surface area contributed by atoms with Crippen LogP contribution in [0.4, 0.5) is 0 Å². The molecule has 0 spiro atoms. The summed E-state index contributed by atoms with van der Waals surface area (Å²) in [6, 6.07) is 5.59. The van der Waals surface area contributed by atoms with E-state index in [1.54, 1.807) is 13.2 Å². The van der Waals surface area contributed by atoms with Crippen molar-refractivity contribution in [2.45, 2.75) is 39.7 Å². The molecule has 3 nitrogen and oxygen atoms in total. The van der Waals surface area contributed by atoms with Crippen molar-refractivity contribution in [1.29, 1.82) is 0 Å². The number of ether oxygens (including phenoxy) is 1. The van der Waals surface area contributed by atoms with Crippen LogP contribution in [0.5, 0.6) is 11.5 Å². The normalized spacial score (nSPS) is 20.9. The Balaban J connectivity index is 1.96. The lowest BCUT2D eigenvalue weighted by Gasteiger charge is -2.21. The summed E-state index contributed by atoms with van der Waals surface area (Å²) in [6.45, 7) is 7.76.